The lowest BCUT2D eigenvalue weighted by Gasteiger charge is -2.15. The molecule has 14 heteroatoms. The molecule has 0 aromatic heterocycles. The molecule has 0 aromatic rings. The molecule has 0 rings (SSSR count). The Morgan fingerprint density at radius 2 is 1.06 bits per heavy atom. The molecule has 0 aliphatic heterocycles. The third kappa shape index (κ3) is 3.26. The molecule has 0 fully saturated rings. The maximum absolute atomic E-state index is 12.8. The zero-order valence-electron chi connectivity index (χ0n) is 7.28. The quantitative estimate of drug-likeness (QED) is 0.411. The molecule has 0 heterocycles. The van der Waals surface area contributed by atoms with Crippen LogP contribution >= 0.6 is 0 Å². The molecule has 0 atom stereocenters. The first-order valence-electron chi connectivity index (χ1n) is 3.15. The monoisotopic (exact) mass is 302 g/mol. The topological polar surface area (TPSA) is 126 Å². The molecule has 2 N–H and O–H groups in total. The zero-order valence-corrected chi connectivity index (χ0v) is 8.91. The lowest BCUT2D eigenvalue weighted by Crippen LogP contribution is -2.51. The fraction of sp³-hybridized carbons (Fsp3) is 0.333. The van der Waals surface area contributed by atoms with E-state index in [4.69, 9.17) is 0 Å². The number of rotatable bonds is 4. The van der Waals surface area contributed by atoms with Crippen LogP contribution in [-0.4, -0.2) is 33.7 Å². The molecule has 2 amide bonds. The predicted molar refractivity (Wildman–Crippen MR) is 42.1 cm³/mol. The summed E-state index contributed by atoms with van der Waals surface area (Å²) in [5.74, 6) is 0. The number of amides is 2. The average Bonchev–Trinajstić information content (AvgIpc) is 1.97. The summed E-state index contributed by atoms with van der Waals surface area (Å²) in [6.07, 6.45) is -5.99. The van der Waals surface area contributed by atoms with E-state index in [1.807, 2.05) is 0 Å². The fourth-order valence-electron chi connectivity index (χ4n) is 0.475. The minimum Gasteiger partial charge on any atom is -0.233 e. The summed E-state index contributed by atoms with van der Waals surface area (Å²) in [7, 11) is -12.7. The standard InChI is InChI=1S/C3H2F4N2O6S2/c4-1(10)8-16(12,13)3(6,7)17(14,15)9-2(5)11/h(H,8,10)(H,9,11). The summed E-state index contributed by atoms with van der Waals surface area (Å²) in [5, 5.41) is 0. The Labute approximate surface area is 91.1 Å². The van der Waals surface area contributed by atoms with Crippen LogP contribution in [0.4, 0.5) is 27.2 Å². The molecule has 0 aliphatic carbocycles. The van der Waals surface area contributed by atoms with Crippen LogP contribution < -0.4 is 9.44 Å². The Kier molecular flexibility index (Phi) is 4.06. The Hall–Kier alpha value is -1.44. The highest BCUT2D eigenvalue weighted by atomic mass is 32.3. The highest BCUT2D eigenvalue weighted by molar-refractivity contribution is 8.08. The molecule has 0 bridgehead atoms. The lowest BCUT2D eigenvalue weighted by atomic mass is 11.4. The summed E-state index contributed by atoms with van der Waals surface area (Å²) in [4.78, 5) is 19.2. The van der Waals surface area contributed by atoms with E-state index in [1.165, 1.54) is 0 Å². The van der Waals surface area contributed by atoms with Gasteiger partial charge in [0.25, 0.3) is 0 Å². The van der Waals surface area contributed by atoms with Gasteiger partial charge in [0.05, 0.1) is 0 Å². The van der Waals surface area contributed by atoms with Gasteiger partial charge >= 0.3 is 37.0 Å². The van der Waals surface area contributed by atoms with Gasteiger partial charge in [0.15, 0.2) is 0 Å². The van der Waals surface area contributed by atoms with Crippen molar-refractivity contribution < 1.29 is 44.0 Å². The summed E-state index contributed by atoms with van der Waals surface area (Å²) in [6.45, 7) is 0. The molecule has 0 unspecified atom stereocenters. The molecular weight excluding hydrogens is 300 g/mol. The number of hydrogen-bond acceptors (Lipinski definition) is 6. The van der Waals surface area contributed by atoms with Crippen molar-refractivity contribution in [2.75, 3.05) is 0 Å². The summed E-state index contributed by atoms with van der Waals surface area (Å²) >= 11 is 0. The first-order valence-corrected chi connectivity index (χ1v) is 6.11. The number of carbonyl (C=O) groups excluding carboxylic acids is 2. The maximum Gasteiger partial charge on any atom is 0.483 e. The van der Waals surface area contributed by atoms with Crippen molar-refractivity contribution in [2.45, 2.75) is 4.59 Å². The van der Waals surface area contributed by atoms with E-state index in [1.54, 1.807) is 0 Å². The Morgan fingerprint density at radius 3 is 1.24 bits per heavy atom. The lowest BCUT2D eigenvalue weighted by molar-refractivity contribution is 0.174. The second kappa shape index (κ2) is 4.44. The van der Waals surface area contributed by atoms with E-state index < -0.39 is 37.0 Å². The van der Waals surface area contributed by atoms with Crippen LogP contribution in [0.25, 0.3) is 0 Å². The number of halogens is 4. The maximum atomic E-state index is 12.8. The molecule has 0 radical (unpaired) electrons. The molecule has 100 valence electrons. The number of alkyl halides is 2. The van der Waals surface area contributed by atoms with Gasteiger partial charge < -0.3 is 0 Å². The third-order valence-corrected chi connectivity index (χ3v) is 4.48. The van der Waals surface area contributed by atoms with E-state index in [0.29, 0.717) is 0 Å². The first kappa shape index (κ1) is 15.6. The summed E-state index contributed by atoms with van der Waals surface area (Å²) in [5.41, 5.74) is 0. The number of nitrogens with one attached hydrogen (secondary N) is 2. The van der Waals surface area contributed by atoms with Crippen LogP contribution in [-0.2, 0) is 20.0 Å². The molecule has 0 saturated heterocycles. The van der Waals surface area contributed by atoms with Crippen LogP contribution in [0.1, 0.15) is 0 Å². The van der Waals surface area contributed by atoms with Gasteiger partial charge in [0, 0.05) is 0 Å². The van der Waals surface area contributed by atoms with E-state index >= 15 is 0 Å². The second-order valence-electron chi connectivity index (χ2n) is 2.22. The largest absolute Gasteiger partial charge is 0.483 e. The highest BCUT2D eigenvalue weighted by Gasteiger charge is 2.59. The number of sulfonamides is 2. The van der Waals surface area contributed by atoms with Gasteiger partial charge in [-0.15, -0.1) is 8.78 Å². The molecule has 0 spiro atoms. The molecule has 0 aliphatic rings. The Bertz CT molecular complexity index is 490. The van der Waals surface area contributed by atoms with E-state index in [9.17, 15) is 44.0 Å². The van der Waals surface area contributed by atoms with Gasteiger partial charge in [-0.3, -0.25) is 0 Å². The van der Waals surface area contributed by atoms with Gasteiger partial charge in [0.1, 0.15) is 0 Å². The molecule has 8 nitrogen and oxygen atoms in total. The minimum atomic E-state index is -6.34. The smallest absolute Gasteiger partial charge is 0.233 e. The van der Waals surface area contributed by atoms with E-state index in [0.717, 1.165) is 0 Å². The Balaban J connectivity index is 5.56. The minimum absolute atomic E-state index is 0.00247. The van der Waals surface area contributed by atoms with Crippen LogP contribution in [0.2, 0.25) is 0 Å². The van der Waals surface area contributed by atoms with Gasteiger partial charge in [-0.25, -0.2) is 19.0 Å². The molecule has 17 heavy (non-hydrogen) atoms. The van der Waals surface area contributed by atoms with Crippen LogP contribution in [0.15, 0.2) is 0 Å². The fourth-order valence-corrected chi connectivity index (χ4v) is 2.54. The molecule has 0 saturated carbocycles. The van der Waals surface area contributed by atoms with Crippen LogP contribution in [0.3, 0.4) is 0 Å². The number of carbonyl (C=O) groups is 2. The van der Waals surface area contributed by atoms with Crippen molar-refractivity contribution in [1.82, 2.24) is 9.44 Å². The second-order valence-corrected chi connectivity index (χ2v) is 5.93. The average molecular weight is 302 g/mol. The van der Waals surface area contributed by atoms with Crippen molar-refractivity contribution in [1.29, 1.82) is 0 Å². The third-order valence-electron chi connectivity index (χ3n) is 1.05. The highest BCUT2D eigenvalue weighted by Crippen LogP contribution is 2.26. The molecule has 0 aromatic carbocycles. The normalized spacial score (nSPS) is 12.9. The van der Waals surface area contributed by atoms with Crippen molar-refractivity contribution >= 4 is 32.4 Å². The number of hydrogen-bond donors (Lipinski definition) is 2. The van der Waals surface area contributed by atoms with Crippen molar-refractivity contribution in [3.8, 4) is 0 Å². The van der Waals surface area contributed by atoms with Crippen LogP contribution in [0.5, 0.6) is 0 Å². The van der Waals surface area contributed by atoms with Gasteiger partial charge in [-0.2, -0.15) is 25.6 Å². The van der Waals surface area contributed by atoms with Crippen molar-refractivity contribution in [2.24, 2.45) is 0 Å². The SMILES string of the molecule is O=C(F)NS(=O)(=O)C(F)(F)S(=O)(=O)NC(=O)F. The van der Waals surface area contributed by atoms with Gasteiger partial charge in [-0.1, -0.05) is 0 Å². The van der Waals surface area contributed by atoms with Crippen molar-refractivity contribution in [3.63, 3.8) is 0 Å². The summed E-state index contributed by atoms with van der Waals surface area (Å²) in [6, 6.07) is 0. The van der Waals surface area contributed by atoms with Crippen LogP contribution in [0, 0.1) is 0 Å². The molecular formula is C3H2F4N2O6S2. The van der Waals surface area contributed by atoms with Gasteiger partial charge in [-0.05, 0) is 0 Å². The predicted octanol–water partition coefficient (Wildman–Crippen LogP) is -0.445. The van der Waals surface area contributed by atoms with Gasteiger partial charge in [0.2, 0.25) is 0 Å². The zero-order chi connectivity index (χ0) is 14.1. The summed E-state index contributed by atoms with van der Waals surface area (Å²) < 4.78 is 84.9. The van der Waals surface area contributed by atoms with E-state index in [2.05, 4.69) is 0 Å². The van der Waals surface area contributed by atoms with E-state index in [-0.39, 0.29) is 9.44 Å². The van der Waals surface area contributed by atoms with Crippen molar-refractivity contribution in [3.05, 3.63) is 0 Å². The Morgan fingerprint density at radius 1 is 0.824 bits per heavy atom. The first-order chi connectivity index (χ1) is 7.33.